The number of sulfone groups is 1. The van der Waals surface area contributed by atoms with Crippen molar-refractivity contribution < 1.29 is 12.8 Å². The molecule has 1 aromatic heterocycles. The second kappa shape index (κ2) is 11.5. The minimum Gasteiger partial charge on any atom is -0.325 e. The Bertz CT molecular complexity index is 1440. The number of benzene rings is 2. The van der Waals surface area contributed by atoms with Crippen LogP contribution in [0, 0.1) is 11.7 Å². The molecule has 0 amide bonds. The highest BCUT2D eigenvalue weighted by atomic mass is 32.2. The maximum atomic E-state index is 15.5. The van der Waals surface area contributed by atoms with Gasteiger partial charge in [0.05, 0.1) is 10.4 Å². The fraction of sp³-hybridized carbons (Fsp3) is 0.594. The van der Waals surface area contributed by atoms with Gasteiger partial charge in [-0.3, -0.25) is 4.90 Å². The van der Waals surface area contributed by atoms with Crippen molar-refractivity contribution in [3.63, 3.8) is 0 Å². The van der Waals surface area contributed by atoms with Crippen molar-refractivity contribution in [3.05, 3.63) is 47.8 Å². The van der Waals surface area contributed by atoms with Gasteiger partial charge >= 0.3 is 0 Å². The number of hydrogen-bond acceptors (Lipinski definition) is 5. The lowest BCUT2D eigenvalue weighted by molar-refractivity contribution is 0.0113. The average molecular weight is 569 g/mol. The number of aryl methyl sites for hydroxylation is 1. The molecule has 2 fully saturated rings. The lowest BCUT2D eigenvalue weighted by atomic mass is 9.85. The molecule has 0 aliphatic carbocycles. The molecule has 2 saturated heterocycles. The lowest BCUT2D eigenvalue weighted by Crippen LogP contribution is -2.55. The van der Waals surface area contributed by atoms with Gasteiger partial charge in [-0.2, -0.15) is 0 Å². The monoisotopic (exact) mass is 568 g/mol. The molecule has 218 valence electrons. The predicted octanol–water partition coefficient (Wildman–Crippen LogP) is 6.25. The third kappa shape index (κ3) is 5.86. The fourth-order valence-corrected chi connectivity index (χ4v) is 7.78. The zero-order chi connectivity index (χ0) is 28.8. The number of piperidine rings is 2. The fourth-order valence-electron chi connectivity index (χ4n) is 7.14. The summed E-state index contributed by atoms with van der Waals surface area (Å²) in [6.07, 6.45) is 6.95. The van der Waals surface area contributed by atoms with Crippen LogP contribution in [0.25, 0.3) is 22.4 Å². The Kier molecular flexibility index (Phi) is 8.42. The number of imidazole rings is 1. The molecule has 3 heterocycles. The van der Waals surface area contributed by atoms with E-state index in [4.69, 9.17) is 4.98 Å². The first-order chi connectivity index (χ1) is 19.0. The second-order valence-corrected chi connectivity index (χ2v) is 14.6. The molecular formula is C32H45FN4O2S. The zero-order valence-corrected chi connectivity index (χ0v) is 25.7. The van der Waals surface area contributed by atoms with Gasteiger partial charge in [0.2, 0.25) is 0 Å². The van der Waals surface area contributed by atoms with Gasteiger partial charge < -0.3 is 9.47 Å². The van der Waals surface area contributed by atoms with Crippen LogP contribution in [0.4, 0.5) is 4.39 Å². The summed E-state index contributed by atoms with van der Waals surface area (Å²) in [5.41, 5.74) is 2.93. The molecule has 40 heavy (non-hydrogen) atoms. The third-order valence-corrected chi connectivity index (χ3v) is 10.4. The smallest absolute Gasteiger partial charge is 0.175 e. The van der Waals surface area contributed by atoms with Crippen molar-refractivity contribution in [1.29, 1.82) is 0 Å². The minimum absolute atomic E-state index is 0.249. The normalized spacial score (nSPS) is 23.9. The van der Waals surface area contributed by atoms with Gasteiger partial charge in [-0.1, -0.05) is 20.8 Å². The Morgan fingerprint density at radius 3 is 2.35 bits per heavy atom. The van der Waals surface area contributed by atoms with Gasteiger partial charge in [-0.15, -0.1) is 0 Å². The van der Waals surface area contributed by atoms with Gasteiger partial charge in [0.15, 0.2) is 9.84 Å². The predicted molar refractivity (Wildman–Crippen MR) is 161 cm³/mol. The van der Waals surface area contributed by atoms with Crippen molar-refractivity contribution in [2.45, 2.75) is 88.7 Å². The quantitative estimate of drug-likeness (QED) is 0.337. The molecule has 0 saturated carbocycles. The molecule has 3 aromatic rings. The third-order valence-electron chi connectivity index (χ3n) is 9.24. The maximum Gasteiger partial charge on any atom is 0.175 e. The number of likely N-dealkylation sites (tertiary alicyclic amines) is 2. The van der Waals surface area contributed by atoms with Crippen molar-refractivity contribution in [1.82, 2.24) is 19.4 Å². The number of nitrogens with zero attached hydrogens (tertiary/aromatic N) is 4. The van der Waals surface area contributed by atoms with Crippen molar-refractivity contribution in [2.24, 2.45) is 13.0 Å². The maximum absolute atomic E-state index is 15.5. The summed E-state index contributed by atoms with van der Waals surface area (Å²) in [6.45, 7) is 12.7. The van der Waals surface area contributed by atoms with Gasteiger partial charge in [0, 0.05) is 43.5 Å². The topological polar surface area (TPSA) is 58.4 Å². The van der Waals surface area contributed by atoms with E-state index in [1.807, 2.05) is 7.05 Å². The van der Waals surface area contributed by atoms with E-state index in [0.29, 0.717) is 46.8 Å². The van der Waals surface area contributed by atoms with Crippen LogP contribution in [0.2, 0.25) is 0 Å². The number of rotatable bonds is 7. The van der Waals surface area contributed by atoms with Crippen LogP contribution in [0.15, 0.2) is 41.3 Å². The van der Waals surface area contributed by atoms with E-state index in [0.717, 1.165) is 37.1 Å². The van der Waals surface area contributed by atoms with Crippen LogP contribution in [0.1, 0.15) is 71.3 Å². The van der Waals surface area contributed by atoms with E-state index in [1.165, 1.54) is 32.1 Å². The molecule has 0 N–H and O–H groups in total. The van der Waals surface area contributed by atoms with Gasteiger partial charge in [-0.05, 0) is 106 Å². The summed E-state index contributed by atoms with van der Waals surface area (Å²) >= 11 is 0. The molecule has 6 nitrogen and oxygen atoms in total. The first-order valence-electron chi connectivity index (χ1n) is 14.9. The van der Waals surface area contributed by atoms with E-state index >= 15 is 4.39 Å². The van der Waals surface area contributed by atoms with Crippen LogP contribution >= 0.6 is 0 Å². The minimum atomic E-state index is -3.28. The van der Waals surface area contributed by atoms with Gasteiger partial charge in [0.25, 0.3) is 0 Å². The Balaban J connectivity index is 1.30. The molecular weight excluding hydrogens is 523 g/mol. The summed E-state index contributed by atoms with van der Waals surface area (Å²) in [4.78, 5) is 10.5. The molecule has 0 bridgehead atoms. The van der Waals surface area contributed by atoms with Crippen LogP contribution < -0.4 is 0 Å². The van der Waals surface area contributed by atoms with Gasteiger partial charge in [0.1, 0.15) is 17.2 Å². The van der Waals surface area contributed by atoms with Crippen LogP contribution in [-0.2, 0) is 16.9 Å². The highest BCUT2D eigenvalue weighted by Gasteiger charge is 2.36. The molecule has 0 spiro atoms. The first-order valence-corrected chi connectivity index (χ1v) is 16.8. The van der Waals surface area contributed by atoms with Crippen molar-refractivity contribution >= 4 is 20.9 Å². The molecule has 3 atom stereocenters. The van der Waals surface area contributed by atoms with E-state index < -0.39 is 9.84 Å². The summed E-state index contributed by atoms with van der Waals surface area (Å²) in [6, 6.07) is 12.3. The van der Waals surface area contributed by atoms with E-state index in [-0.39, 0.29) is 10.7 Å². The van der Waals surface area contributed by atoms with Crippen molar-refractivity contribution in [2.75, 3.05) is 25.9 Å². The lowest BCUT2D eigenvalue weighted by Gasteiger charge is -2.49. The van der Waals surface area contributed by atoms with Crippen LogP contribution in [0.3, 0.4) is 0 Å². The molecule has 0 radical (unpaired) electrons. The first kappa shape index (κ1) is 29.2. The Morgan fingerprint density at radius 2 is 1.75 bits per heavy atom. The molecule has 8 heteroatoms. The SMILES string of the molecule is CCC1CC(N2CCC(c3cc(F)c4c(c3)nc(-c3ccc(S(C)(=O)=O)cc3)n4C)CC2)CC(C)N1CC(C)C. The molecule has 2 aliphatic rings. The van der Waals surface area contributed by atoms with E-state index in [2.05, 4.69) is 43.6 Å². The van der Waals surface area contributed by atoms with Crippen molar-refractivity contribution in [3.8, 4) is 11.4 Å². The molecule has 3 unspecified atom stereocenters. The van der Waals surface area contributed by atoms with Crippen LogP contribution in [-0.4, -0.2) is 71.8 Å². The summed E-state index contributed by atoms with van der Waals surface area (Å²) < 4.78 is 40.9. The average Bonchev–Trinajstić information content (AvgIpc) is 3.25. The Morgan fingerprint density at radius 1 is 1.07 bits per heavy atom. The standard InChI is InChI=1S/C32H45FN4O2S/c1-7-26-19-27(16-22(4)37(26)20-21(2)3)36-14-12-23(13-15-36)25-17-29(33)31-30(18-25)34-32(35(31)5)24-8-10-28(11-9-24)40(6,38)39/h8-11,17-18,21-23,26-27H,7,12-16,19-20H2,1-6H3. The Labute approximate surface area is 239 Å². The number of halogens is 1. The van der Waals surface area contributed by atoms with E-state index in [9.17, 15) is 8.42 Å². The highest BCUT2D eigenvalue weighted by molar-refractivity contribution is 7.90. The molecule has 2 aliphatic heterocycles. The van der Waals surface area contributed by atoms with Gasteiger partial charge in [-0.25, -0.2) is 17.8 Å². The molecule has 2 aromatic carbocycles. The zero-order valence-electron chi connectivity index (χ0n) is 24.9. The van der Waals surface area contributed by atoms with Crippen LogP contribution in [0.5, 0.6) is 0 Å². The number of aromatic nitrogens is 2. The number of fused-ring (bicyclic) bond motifs is 1. The Hall–Kier alpha value is -2.29. The number of hydrogen-bond donors (Lipinski definition) is 0. The second-order valence-electron chi connectivity index (χ2n) is 12.6. The summed E-state index contributed by atoms with van der Waals surface area (Å²) in [5, 5.41) is 0. The van der Waals surface area contributed by atoms with E-state index in [1.54, 1.807) is 34.9 Å². The largest absolute Gasteiger partial charge is 0.325 e. The summed E-state index contributed by atoms with van der Waals surface area (Å²) in [7, 11) is -1.47. The highest BCUT2D eigenvalue weighted by Crippen LogP contribution is 2.36. The molecule has 5 rings (SSSR count). The summed E-state index contributed by atoms with van der Waals surface area (Å²) in [5.74, 6) is 1.40.